The first-order valence-corrected chi connectivity index (χ1v) is 10.1. The van der Waals surface area contributed by atoms with Crippen LogP contribution in [-0.2, 0) is 0 Å². The number of rotatable bonds is 4. The average molecular weight is 391 g/mol. The summed E-state index contributed by atoms with van der Waals surface area (Å²) < 4.78 is 13.9. The third-order valence-corrected chi connectivity index (χ3v) is 5.40. The Hall–Kier alpha value is -3.06. The topological polar surface area (TPSA) is 55.7 Å². The molecule has 1 saturated heterocycles. The Morgan fingerprint density at radius 3 is 2.59 bits per heavy atom. The summed E-state index contributed by atoms with van der Waals surface area (Å²) >= 11 is 0. The van der Waals surface area contributed by atoms with Crippen LogP contribution in [0.3, 0.4) is 0 Å². The maximum atomic E-state index is 6.12. The molecule has 2 aliphatic heterocycles. The van der Waals surface area contributed by atoms with E-state index in [1.54, 1.807) is 6.20 Å². The molecule has 0 radical (unpaired) electrons. The molecule has 1 unspecified atom stereocenters. The number of ether oxygens (including phenoxy) is 2. The van der Waals surface area contributed by atoms with Gasteiger partial charge in [0.15, 0.2) is 17.3 Å². The van der Waals surface area contributed by atoms with Gasteiger partial charge in [0.05, 0.1) is 5.69 Å². The van der Waals surface area contributed by atoms with Crippen LogP contribution in [0.5, 0.6) is 11.5 Å². The molecular formula is C22H25N5O2. The van der Waals surface area contributed by atoms with Crippen molar-refractivity contribution in [3.05, 3.63) is 60.4 Å². The molecule has 0 N–H and O–H groups in total. The average Bonchev–Trinajstić information content (AvgIpc) is 3.16. The van der Waals surface area contributed by atoms with Crippen LogP contribution in [0.25, 0.3) is 5.82 Å². The molecule has 1 fully saturated rings. The summed E-state index contributed by atoms with van der Waals surface area (Å²) in [4.78, 5) is 9.30. The number of benzene rings is 1. The second-order valence-corrected chi connectivity index (χ2v) is 7.53. The zero-order valence-corrected chi connectivity index (χ0v) is 16.6. The minimum absolute atomic E-state index is 0.0674. The standard InChI is InChI=1S/C22H25N5O2/c1-17-14-22(27(24-17)21-8-4-5-9-23-21)26-12-10-25(11-13-26)15-18-16-28-19-6-2-3-7-20(19)29-18/h2-9,14,18H,10-13,15-16H2,1H3. The molecule has 7 nitrogen and oxygen atoms in total. The Labute approximate surface area is 170 Å². The minimum Gasteiger partial charge on any atom is -0.486 e. The van der Waals surface area contributed by atoms with Gasteiger partial charge in [-0.15, -0.1) is 0 Å². The first-order valence-electron chi connectivity index (χ1n) is 10.1. The largest absolute Gasteiger partial charge is 0.486 e. The van der Waals surface area contributed by atoms with Crippen LogP contribution in [0.2, 0.25) is 0 Å². The van der Waals surface area contributed by atoms with Gasteiger partial charge in [-0.25, -0.2) is 4.98 Å². The van der Waals surface area contributed by atoms with Crippen molar-refractivity contribution in [3.8, 4) is 17.3 Å². The van der Waals surface area contributed by atoms with Gasteiger partial charge in [0, 0.05) is 45.0 Å². The maximum absolute atomic E-state index is 6.12. The van der Waals surface area contributed by atoms with E-state index < -0.39 is 0 Å². The second kappa shape index (κ2) is 7.75. The fourth-order valence-corrected chi connectivity index (χ4v) is 3.96. The van der Waals surface area contributed by atoms with Gasteiger partial charge in [-0.1, -0.05) is 18.2 Å². The Morgan fingerprint density at radius 2 is 1.79 bits per heavy atom. The Kier molecular flexibility index (Phi) is 4.81. The number of pyridine rings is 1. The highest BCUT2D eigenvalue weighted by atomic mass is 16.6. The molecule has 0 spiro atoms. The summed E-state index contributed by atoms with van der Waals surface area (Å²) in [5.41, 5.74) is 1.000. The van der Waals surface area contributed by atoms with E-state index in [0.29, 0.717) is 6.61 Å². The van der Waals surface area contributed by atoms with Crippen molar-refractivity contribution >= 4 is 5.82 Å². The lowest BCUT2D eigenvalue weighted by Crippen LogP contribution is -2.51. The number of aromatic nitrogens is 3. The lowest BCUT2D eigenvalue weighted by Gasteiger charge is -2.38. The highest BCUT2D eigenvalue weighted by Gasteiger charge is 2.26. The van der Waals surface area contributed by atoms with Gasteiger partial charge in [-0.3, -0.25) is 4.90 Å². The Balaban J connectivity index is 1.22. The van der Waals surface area contributed by atoms with Crippen molar-refractivity contribution in [1.82, 2.24) is 19.7 Å². The van der Waals surface area contributed by atoms with Gasteiger partial charge < -0.3 is 14.4 Å². The molecular weight excluding hydrogens is 366 g/mol. The fourth-order valence-electron chi connectivity index (χ4n) is 3.96. The number of piperazine rings is 1. The molecule has 3 aromatic rings. The van der Waals surface area contributed by atoms with Crippen LogP contribution in [0, 0.1) is 6.92 Å². The molecule has 29 heavy (non-hydrogen) atoms. The van der Waals surface area contributed by atoms with E-state index in [-0.39, 0.29) is 6.10 Å². The van der Waals surface area contributed by atoms with E-state index in [2.05, 4.69) is 25.9 Å². The van der Waals surface area contributed by atoms with Gasteiger partial charge in [-0.05, 0) is 31.2 Å². The normalized spacial score (nSPS) is 19.3. The summed E-state index contributed by atoms with van der Waals surface area (Å²) in [6.07, 6.45) is 1.87. The molecule has 2 aromatic heterocycles. The van der Waals surface area contributed by atoms with E-state index >= 15 is 0 Å². The van der Waals surface area contributed by atoms with Crippen molar-refractivity contribution in [2.75, 3.05) is 44.2 Å². The highest BCUT2D eigenvalue weighted by Crippen LogP contribution is 2.31. The van der Waals surface area contributed by atoms with E-state index in [9.17, 15) is 0 Å². The first-order chi connectivity index (χ1) is 14.3. The molecule has 0 aliphatic carbocycles. The van der Waals surface area contributed by atoms with E-state index in [4.69, 9.17) is 9.47 Å². The summed E-state index contributed by atoms with van der Waals surface area (Å²) in [5, 5.41) is 4.65. The third kappa shape index (κ3) is 3.78. The van der Waals surface area contributed by atoms with Crippen molar-refractivity contribution in [3.63, 3.8) is 0 Å². The van der Waals surface area contributed by atoms with Crippen LogP contribution in [0.4, 0.5) is 5.82 Å². The predicted octanol–water partition coefficient (Wildman–Crippen LogP) is 2.54. The number of anilines is 1. The fraction of sp³-hybridized carbons (Fsp3) is 0.364. The van der Waals surface area contributed by atoms with Gasteiger partial charge >= 0.3 is 0 Å². The van der Waals surface area contributed by atoms with E-state index in [1.165, 1.54) is 0 Å². The van der Waals surface area contributed by atoms with Crippen molar-refractivity contribution in [1.29, 1.82) is 0 Å². The Bertz CT molecular complexity index is 966. The number of para-hydroxylation sites is 2. The van der Waals surface area contributed by atoms with Crippen LogP contribution in [-0.4, -0.2) is 65.1 Å². The second-order valence-electron chi connectivity index (χ2n) is 7.53. The van der Waals surface area contributed by atoms with Gasteiger partial charge in [0.2, 0.25) is 0 Å². The van der Waals surface area contributed by atoms with Gasteiger partial charge in [-0.2, -0.15) is 9.78 Å². The quantitative estimate of drug-likeness (QED) is 0.681. The zero-order chi connectivity index (χ0) is 19.6. The number of aryl methyl sites for hydroxylation is 1. The lowest BCUT2D eigenvalue weighted by molar-refractivity contribution is 0.0570. The minimum atomic E-state index is 0.0674. The number of hydrogen-bond acceptors (Lipinski definition) is 6. The third-order valence-electron chi connectivity index (χ3n) is 5.40. The molecule has 0 bridgehead atoms. The van der Waals surface area contributed by atoms with Crippen LogP contribution < -0.4 is 14.4 Å². The van der Waals surface area contributed by atoms with Crippen molar-refractivity contribution in [2.24, 2.45) is 0 Å². The number of nitrogens with zero attached hydrogens (tertiary/aromatic N) is 5. The van der Waals surface area contributed by atoms with Crippen LogP contribution in [0.1, 0.15) is 5.69 Å². The monoisotopic (exact) mass is 391 g/mol. The lowest BCUT2D eigenvalue weighted by atomic mass is 10.2. The molecule has 5 rings (SSSR count). The summed E-state index contributed by atoms with van der Waals surface area (Å²) in [6, 6.07) is 15.9. The predicted molar refractivity (Wildman–Crippen MR) is 111 cm³/mol. The highest BCUT2D eigenvalue weighted by molar-refractivity contribution is 5.46. The molecule has 7 heteroatoms. The van der Waals surface area contributed by atoms with E-state index in [1.807, 2.05) is 54.1 Å². The van der Waals surface area contributed by atoms with Crippen LogP contribution in [0.15, 0.2) is 54.7 Å². The maximum Gasteiger partial charge on any atom is 0.161 e. The molecule has 0 saturated carbocycles. The molecule has 150 valence electrons. The van der Waals surface area contributed by atoms with E-state index in [0.717, 1.165) is 61.6 Å². The molecule has 1 aromatic carbocycles. The summed E-state index contributed by atoms with van der Waals surface area (Å²) in [5.74, 6) is 3.64. The smallest absolute Gasteiger partial charge is 0.161 e. The van der Waals surface area contributed by atoms with Crippen molar-refractivity contribution < 1.29 is 9.47 Å². The molecule has 2 aliphatic rings. The zero-order valence-electron chi connectivity index (χ0n) is 16.6. The number of hydrogen-bond donors (Lipinski definition) is 0. The number of fused-ring (bicyclic) bond motifs is 1. The summed E-state index contributed by atoms with van der Waals surface area (Å²) in [7, 11) is 0. The summed E-state index contributed by atoms with van der Waals surface area (Å²) in [6.45, 7) is 7.35. The molecule has 4 heterocycles. The van der Waals surface area contributed by atoms with Gasteiger partial charge in [0.1, 0.15) is 18.5 Å². The SMILES string of the molecule is Cc1cc(N2CCN(CC3COc4ccccc4O3)CC2)n(-c2ccccn2)n1. The molecule has 1 atom stereocenters. The first kappa shape index (κ1) is 18.0. The van der Waals surface area contributed by atoms with Gasteiger partial charge in [0.25, 0.3) is 0 Å². The molecule has 0 amide bonds. The van der Waals surface area contributed by atoms with Crippen molar-refractivity contribution in [2.45, 2.75) is 13.0 Å². The Morgan fingerprint density at radius 1 is 1.00 bits per heavy atom. The van der Waals surface area contributed by atoms with Crippen LogP contribution >= 0.6 is 0 Å².